The molecule has 106 valence electrons. The zero-order chi connectivity index (χ0) is 15.5. The van der Waals surface area contributed by atoms with Crippen LogP contribution in [0.5, 0.6) is 0 Å². The standard InChI is InChI=1S/C14H10N2O4S/c15-9-11-4-1-2-7-13(11)16-21(19,20)12-6-3-5-10(8-12)14(17)18/h1-8,16H,(H,17,18). The molecule has 2 rings (SSSR count). The predicted octanol–water partition coefficient (Wildman–Crippen LogP) is 2.06. The quantitative estimate of drug-likeness (QED) is 0.898. The summed E-state index contributed by atoms with van der Waals surface area (Å²) in [5.41, 5.74) is 0.183. The number of benzene rings is 2. The van der Waals surface area contributed by atoms with Crippen molar-refractivity contribution in [1.82, 2.24) is 0 Å². The first kappa shape index (κ1) is 14.6. The van der Waals surface area contributed by atoms with Gasteiger partial charge in [0, 0.05) is 0 Å². The molecular formula is C14H10N2O4S. The summed E-state index contributed by atoms with van der Waals surface area (Å²) in [5, 5.41) is 17.8. The van der Waals surface area contributed by atoms with Gasteiger partial charge in [-0.2, -0.15) is 5.26 Å². The molecule has 0 heterocycles. The van der Waals surface area contributed by atoms with Gasteiger partial charge in [-0.25, -0.2) is 13.2 Å². The molecular weight excluding hydrogens is 292 g/mol. The summed E-state index contributed by atoms with van der Waals surface area (Å²) < 4.78 is 26.7. The molecule has 0 saturated carbocycles. The Kier molecular flexibility index (Phi) is 3.91. The Balaban J connectivity index is 2.42. The highest BCUT2D eigenvalue weighted by molar-refractivity contribution is 7.92. The van der Waals surface area contributed by atoms with Gasteiger partial charge in [-0.1, -0.05) is 18.2 Å². The van der Waals surface area contributed by atoms with Gasteiger partial charge in [0.25, 0.3) is 10.0 Å². The first-order valence-electron chi connectivity index (χ1n) is 5.79. The van der Waals surface area contributed by atoms with Crippen LogP contribution >= 0.6 is 0 Å². The highest BCUT2D eigenvalue weighted by Crippen LogP contribution is 2.20. The third-order valence-electron chi connectivity index (χ3n) is 2.68. The number of para-hydroxylation sites is 1. The number of rotatable bonds is 4. The minimum absolute atomic E-state index is 0.133. The summed E-state index contributed by atoms with van der Waals surface area (Å²) in [6, 6.07) is 13.0. The van der Waals surface area contributed by atoms with Crippen LogP contribution in [0, 0.1) is 11.3 Å². The number of nitrogens with one attached hydrogen (secondary N) is 1. The molecule has 0 aromatic heterocycles. The van der Waals surface area contributed by atoms with E-state index < -0.39 is 16.0 Å². The predicted molar refractivity (Wildman–Crippen MR) is 75.4 cm³/mol. The highest BCUT2D eigenvalue weighted by Gasteiger charge is 2.17. The SMILES string of the molecule is N#Cc1ccccc1NS(=O)(=O)c1cccc(C(=O)O)c1. The summed E-state index contributed by atoms with van der Waals surface area (Å²) in [7, 11) is -3.97. The lowest BCUT2D eigenvalue weighted by Crippen LogP contribution is -2.14. The number of hydrogen-bond donors (Lipinski definition) is 2. The van der Waals surface area contributed by atoms with Crippen molar-refractivity contribution in [2.24, 2.45) is 0 Å². The molecule has 0 bridgehead atoms. The van der Waals surface area contributed by atoms with Crippen LogP contribution < -0.4 is 4.72 Å². The first-order valence-corrected chi connectivity index (χ1v) is 7.27. The molecule has 0 saturated heterocycles. The van der Waals surface area contributed by atoms with Gasteiger partial charge < -0.3 is 5.11 Å². The second-order valence-electron chi connectivity index (χ2n) is 4.10. The van der Waals surface area contributed by atoms with Gasteiger partial charge in [0.2, 0.25) is 0 Å². The highest BCUT2D eigenvalue weighted by atomic mass is 32.2. The van der Waals surface area contributed by atoms with Crippen molar-refractivity contribution >= 4 is 21.7 Å². The van der Waals surface area contributed by atoms with E-state index in [4.69, 9.17) is 10.4 Å². The number of nitriles is 1. The smallest absolute Gasteiger partial charge is 0.335 e. The molecule has 2 aromatic carbocycles. The van der Waals surface area contributed by atoms with E-state index >= 15 is 0 Å². The summed E-state index contributed by atoms with van der Waals surface area (Å²) in [6.07, 6.45) is 0. The topological polar surface area (TPSA) is 107 Å². The molecule has 0 aliphatic heterocycles. The minimum Gasteiger partial charge on any atom is -0.478 e. The van der Waals surface area contributed by atoms with Crippen LogP contribution in [0.3, 0.4) is 0 Å². The van der Waals surface area contributed by atoms with Crippen LogP contribution in [-0.4, -0.2) is 19.5 Å². The van der Waals surface area contributed by atoms with Crippen LogP contribution in [0.25, 0.3) is 0 Å². The maximum absolute atomic E-state index is 12.2. The van der Waals surface area contributed by atoms with Crippen LogP contribution in [-0.2, 0) is 10.0 Å². The Morgan fingerprint density at radius 1 is 1.14 bits per heavy atom. The summed E-state index contributed by atoms with van der Waals surface area (Å²) in [5.74, 6) is -1.22. The molecule has 2 aromatic rings. The first-order chi connectivity index (χ1) is 9.94. The molecule has 0 amide bonds. The van der Waals surface area contributed by atoms with E-state index in [0.717, 1.165) is 6.07 Å². The lowest BCUT2D eigenvalue weighted by molar-refractivity contribution is 0.0696. The molecule has 2 N–H and O–H groups in total. The van der Waals surface area contributed by atoms with Crippen molar-refractivity contribution < 1.29 is 18.3 Å². The summed E-state index contributed by atoms with van der Waals surface area (Å²) in [4.78, 5) is 10.7. The fourth-order valence-corrected chi connectivity index (χ4v) is 2.79. The minimum atomic E-state index is -3.97. The van der Waals surface area contributed by atoms with Gasteiger partial charge in [0.15, 0.2) is 0 Å². The van der Waals surface area contributed by atoms with Crippen LogP contribution in [0.4, 0.5) is 5.69 Å². The number of carboxylic acids is 1. The number of sulfonamides is 1. The number of anilines is 1. The van der Waals surface area contributed by atoms with Crippen molar-refractivity contribution in [2.45, 2.75) is 4.90 Å². The average molecular weight is 302 g/mol. The lowest BCUT2D eigenvalue weighted by atomic mass is 10.2. The van der Waals surface area contributed by atoms with Crippen LogP contribution in [0.1, 0.15) is 15.9 Å². The maximum Gasteiger partial charge on any atom is 0.335 e. The molecule has 0 unspecified atom stereocenters. The van der Waals surface area contributed by atoms with E-state index in [9.17, 15) is 13.2 Å². The Labute approximate surface area is 121 Å². The largest absolute Gasteiger partial charge is 0.478 e. The zero-order valence-corrected chi connectivity index (χ0v) is 11.5. The van der Waals surface area contributed by atoms with Gasteiger partial charge in [0.1, 0.15) is 6.07 Å². The third-order valence-corrected chi connectivity index (χ3v) is 4.05. The molecule has 6 nitrogen and oxygen atoms in total. The van der Waals surface area contributed by atoms with E-state index in [1.54, 1.807) is 12.1 Å². The fraction of sp³-hybridized carbons (Fsp3) is 0. The molecule has 0 atom stereocenters. The molecule has 0 radical (unpaired) electrons. The molecule has 21 heavy (non-hydrogen) atoms. The number of carbonyl (C=O) groups is 1. The van der Waals surface area contributed by atoms with Gasteiger partial charge in [-0.3, -0.25) is 4.72 Å². The molecule has 0 aliphatic rings. The number of nitrogens with zero attached hydrogens (tertiary/aromatic N) is 1. The normalized spacial score (nSPS) is 10.6. The van der Waals surface area contributed by atoms with E-state index in [-0.39, 0.29) is 21.7 Å². The molecule has 7 heteroatoms. The second-order valence-corrected chi connectivity index (χ2v) is 5.78. The van der Waals surface area contributed by atoms with Crippen molar-refractivity contribution in [3.05, 3.63) is 59.7 Å². The van der Waals surface area contributed by atoms with Gasteiger partial charge >= 0.3 is 5.97 Å². The molecule has 0 aliphatic carbocycles. The maximum atomic E-state index is 12.2. The number of aromatic carboxylic acids is 1. The van der Waals surface area contributed by atoms with Gasteiger partial charge in [-0.05, 0) is 30.3 Å². The number of hydrogen-bond acceptors (Lipinski definition) is 4. The Morgan fingerprint density at radius 3 is 2.52 bits per heavy atom. The summed E-state index contributed by atoms with van der Waals surface area (Å²) >= 11 is 0. The second kappa shape index (κ2) is 5.64. The lowest BCUT2D eigenvalue weighted by Gasteiger charge is -2.09. The van der Waals surface area contributed by atoms with Crippen molar-refractivity contribution in [3.63, 3.8) is 0 Å². The van der Waals surface area contributed by atoms with E-state index in [0.29, 0.717) is 0 Å². The average Bonchev–Trinajstić information content (AvgIpc) is 2.47. The summed E-state index contributed by atoms with van der Waals surface area (Å²) in [6.45, 7) is 0. The van der Waals surface area contributed by atoms with Gasteiger partial charge in [-0.15, -0.1) is 0 Å². The Morgan fingerprint density at radius 2 is 1.86 bits per heavy atom. The third kappa shape index (κ3) is 3.19. The number of carboxylic acid groups (broad SMARTS) is 1. The van der Waals surface area contributed by atoms with E-state index in [1.807, 2.05) is 6.07 Å². The van der Waals surface area contributed by atoms with E-state index in [2.05, 4.69) is 4.72 Å². The molecule has 0 spiro atoms. The fourth-order valence-electron chi connectivity index (χ4n) is 1.67. The van der Waals surface area contributed by atoms with Crippen molar-refractivity contribution in [3.8, 4) is 6.07 Å². The monoisotopic (exact) mass is 302 g/mol. The van der Waals surface area contributed by atoms with Crippen LogP contribution in [0.2, 0.25) is 0 Å². The molecule has 0 fully saturated rings. The zero-order valence-electron chi connectivity index (χ0n) is 10.6. The van der Waals surface area contributed by atoms with Crippen LogP contribution in [0.15, 0.2) is 53.4 Å². The van der Waals surface area contributed by atoms with Crippen molar-refractivity contribution in [2.75, 3.05) is 4.72 Å². The van der Waals surface area contributed by atoms with E-state index in [1.165, 1.54) is 30.3 Å². The Hall–Kier alpha value is -2.85. The van der Waals surface area contributed by atoms with Gasteiger partial charge in [0.05, 0.1) is 21.7 Å². The Bertz CT molecular complexity index is 838. The van der Waals surface area contributed by atoms with Crippen molar-refractivity contribution in [1.29, 1.82) is 5.26 Å².